The van der Waals surface area contributed by atoms with Gasteiger partial charge in [0.2, 0.25) is 0 Å². The molecule has 0 saturated heterocycles. The van der Waals surface area contributed by atoms with E-state index in [4.69, 9.17) is 11.6 Å². The first kappa shape index (κ1) is 13.1. The molecule has 4 nitrogen and oxygen atoms in total. The molecule has 2 aromatic carbocycles. The van der Waals surface area contributed by atoms with Gasteiger partial charge in [0.15, 0.2) is 0 Å². The lowest BCUT2D eigenvalue weighted by atomic mass is 10.1. The van der Waals surface area contributed by atoms with E-state index in [1.807, 2.05) is 30.3 Å². The highest BCUT2D eigenvalue weighted by Crippen LogP contribution is 2.17. The van der Waals surface area contributed by atoms with Crippen molar-refractivity contribution in [1.82, 2.24) is 15.0 Å². The van der Waals surface area contributed by atoms with Gasteiger partial charge in [-0.05, 0) is 49.2 Å². The number of nitrogens with zero attached hydrogens (tertiary/aromatic N) is 3. The molecule has 3 aromatic rings. The SMILES string of the molecule is CC(O)Cc1ccc(-n2nc3ccc(Cl)cc3n2)cc1. The summed E-state index contributed by atoms with van der Waals surface area (Å²) in [6.45, 7) is 1.78. The van der Waals surface area contributed by atoms with Crippen LogP contribution in [0, 0.1) is 0 Å². The summed E-state index contributed by atoms with van der Waals surface area (Å²) in [4.78, 5) is 1.59. The van der Waals surface area contributed by atoms with E-state index in [1.165, 1.54) is 0 Å². The van der Waals surface area contributed by atoms with Crippen molar-refractivity contribution < 1.29 is 5.11 Å². The molecule has 0 aliphatic heterocycles. The third-order valence-corrected chi connectivity index (χ3v) is 3.28. The highest BCUT2D eigenvalue weighted by molar-refractivity contribution is 6.31. The van der Waals surface area contributed by atoms with Gasteiger partial charge in [0.25, 0.3) is 0 Å². The molecule has 0 saturated carbocycles. The van der Waals surface area contributed by atoms with E-state index in [0.717, 1.165) is 22.3 Å². The maximum atomic E-state index is 9.37. The van der Waals surface area contributed by atoms with E-state index in [9.17, 15) is 5.11 Å². The molecule has 1 unspecified atom stereocenters. The summed E-state index contributed by atoms with van der Waals surface area (Å²) in [5, 5.41) is 18.8. The van der Waals surface area contributed by atoms with Gasteiger partial charge in [-0.15, -0.1) is 10.2 Å². The number of aliphatic hydroxyl groups excluding tert-OH is 1. The molecule has 0 radical (unpaired) electrons. The third kappa shape index (κ3) is 2.66. The minimum Gasteiger partial charge on any atom is -0.393 e. The van der Waals surface area contributed by atoms with E-state index in [2.05, 4.69) is 10.2 Å². The number of benzene rings is 2. The van der Waals surface area contributed by atoms with Gasteiger partial charge < -0.3 is 5.11 Å². The van der Waals surface area contributed by atoms with Gasteiger partial charge in [0.1, 0.15) is 11.0 Å². The Morgan fingerprint density at radius 3 is 2.50 bits per heavy atom. The quantitative estimate of drug-likeness (QED) is 0.806. The average Bonchev–Trinajstić information content (AvgIpc) is 2.81. The van der Waals surface area contributed by atoms with Crippen LogP contribution in [0.3, 0.4) is 0 Å². The lowest BCUT2D eigenvalue weighted by molar-refractivity contribution is 0.195. The molecule has 0 amide bonds. The first-order valence-corrected chi connectivity index (χ1v) is 6.79. The van der Waals surface area contributed by atoms with Crippen LogP contribution in [0.15, 0.2) is 42.5 Å². The van der Waals surface area contributed by atoms with Crippen molar-refractivity contribution in [3.63, 3.8) is 0 Å². The second-order valence-corrected chi connectivity index (χ2v) is 5.28. The standard InChI is InChI=1S/C15H14ClN3O/c1-10(20)8-11-2-5-13(6-3-11)19-17-14-7-4-12(16)9-15(14)18-19/h2-7,9-10,20H,8H2,1H3. The minimum absolute atomic E-state index is 0.339. The smallest absolute Gasteiger partial charge is 0.115 e. The predicted molar refractivity (Wildman–Crippen MR) is 79.3 cm³/mol. The molecule has 0 bridgehead atoms. The maximum absolute atomic E-state index is 9.37. The molecule has 3 rings (SSSR count). The highest BCUT2D eigenvalue weighted by Gasteiger charge is 2.06. The summed E-state index contributed by atoms with van der Waals surface area (Å²) in [7, 11) is 0. The number of aliphatic hydroxyl groups is 1. The average molecular weight is 288 g/mol. The topological polar surface area (TPSA) is 50.9 Å². The fourth-order valence-electron chi connectivity index (χ4n) is 2.11. The zero-order valence-electron chi connectivity index (χ0n) is 11.0. The number of fused-ring (bicyclic) bond motifs is 1. The Kier molecular flexibility index (Phi) is 3.42. The van der Waals surface area contributed by atoms with Crippen molar-refractivity contribution >= 4 is 22.6 Å². The summed E-state index contributed by atoms with van der Waals surface area (Å²) in [5.74, 6) is 0. The van der Waals surface area contributed by atoms with E-state index in [-0.39, 0.29) is 6.10 Å². The number of halogens is 1. The third-order valence-electron chi connectivity index (χ3n) is 3.04. The number of hydrogen-bond donors (Lipinski definition) is 1. The number of rotatable bonds is 3. The largest absolute Gasteiger partial charge is 0.393 e. The van der Waals surface area contributed by atoms with Gasteiger partial charge in [-0.2, -0.15) is 4.80 Å². The molecular formula is C15H14ClN3O. The normalized spacial score (nSPS) is 12.8. The molecular weight excluding hydrogens is 274 g/mol. The van der Waals surface area contributed by atoms with Gasteiger partial charge in [0.05, 0.1) is 11.8 Å². The van der Waals surface area contributed by atoms with Gasteiger partial charge in [-0.25, -0.2) is 0 Å². The number of hydrogen-bond acceptors (Lipinski definition) is 3. The van der Waals surface area contributed by atoms with Crippen molar-refractivity contribution in [2.45, 2.75) is 19.4 Å². The van der Waals surface area contributed by atoms with Crippen molar-refractivity contribution in [3.8, 4) is 5.69 Å². The van der Waals surface area contributed by atoms with Crippen molar-refractivity contribution in [2.75, 3.05) is 0 Å². The van der Waals surface area contributed by atoms with Crippen LogP contribution in [0.4, 0.5) is 0 Å². The van der Waals surface area contributed by atoms with Crippen LogP contribution in [-0.4, -0.2) is 26.2 Å². The molecule has 0 fully saturated rings. The summed E-state index contributed by atoms with van der Waals surface area (Å²) >= 11 is 5.94. The van der Waals surface area contributed by atoms with Gasteiger partial charge in [-0.1, -0.05) is 23.7 Å². The molecule has 5 heteroatoms. The van der Waals surface area contributed by atoms with Crippen molar-refractivity contribution in [3.05, 3.63) is 53.1 Å². The fourth-order valence-corrected chi connectivity index (χ4v) is 2.28. The molecule has 1 aromatic heterocycles. The summed E-state index contributed by atoms with van der Waals surface area (Å²) in [5.41, 5.74) is 3.54. The maximum Gasteiger partial charge on any atom is 0.115 e. The first-order chi connectivity index (χ1) is 9.61. The van der Waals surface area contributed by atoms with Crippen LogP contribution in [0.2, 0.25) is 5.02 Å². The molecule has 0 aliphatic rings. The second-order valence-electron chi connectivity index (χ2n) is 4.84. The molecule has 102 valence electrons. The first-order valence-electron chi connectivity index (χ1n) is 6.42. The summed E-state index contributed by atoms with van der Waals surface area (Å²) < 4.78 is 0. The van der Waals surface area contributed by atoms with Crippen LogP contribution in [0.25, 0.3) is 16.7 Å². The molecule has 20 heavy (non-hydrogen) atoms. The van der Waals surface area contributed by atoms with Crippen LogP contribution < -0.4 is 0 Å². The van der Waals surface area contributed by atoms with Gasteiger partial charge in [-0.3, -0.25) is 0 Å². The molecule has 1 heterocycles. The lowest BCUT2D eigenvalue weighted by Crippen LogP contribution is -2.04. The lowest BCUT2D eigenvalue weighted by Gasteiger charge is -2.05. The molecule has 1 N–H and O–H groups in total. The molecule has 1 atom stereocenters. The zero-order valence-corrected chi connectivity index (χ0v) is 11.7. The Morgan fingerprint density at radius 2 is 1.80 bits per heavy atom. The van der Waals surface area contributed by atoms with Crippen molar-refractivity contribution in [1.29, 1.82) is 0 Å². The van der Waals surface area contributed by atoms with E-state index >= 15 is 0 Å². The fraction of sp³-hybridized carbons (Fsp3) is 0.200. The van der Waals surface area contributed by atoms with E-state index < -0.39 is 0 Å². The van der Waals surface area contributed by atoms with E-state index in [1.54, 1.807) is 23.9 Å². The second kappa shape index (κ2) is 5.23. The molecule has 0 spiro atoms. The minimum atomic E-state index is -0.339. The Labute approximate surface area is 121 Å². The number of aromatic nitrogens is 3. The van der Waals surface area contributed by atoms with Crippen LogP contribution in [0.5, 0.6) is 0 Å². The zero-order chi connectivity index (χ0) is 14.1. The Morgan fingerprint density at radius 1 is 1.10 bits per heavy atom. The Hall–Kier alpha value is -1.91. The summed E-state index contributed by atoms with van der Waals surface area (Å²) in [6, 6.07) is 13.3. The van der Waals surface area contributed by atoms with Crippen LogP contribution in [-0.2, 0) is 6.42 Å². The molecule has 0 aliphatic carbocycles. The van der Waals surface area contributed by atoms with Crippen LogP contribution >= 0.6 is 11.6 Å². The van der Waals surface area contributed by atoms with Crippen LogP contribution in [0.1, 0.15) is 12.5 Å². The van der Waals surface area contributed by atoms with E-state index in [0.29, 0.717) is 11.4 Å². The Bertz CT molecular complexity index is 734. The highest BCUT2D eigenvalue weighted by atomic mass is 35.5. The Balaban J connectivity index is 1.94. The van der Waals surface area contributed by atoms with Crippen molar-refractivity contribution in [2.24, 2.45) is 0 Å². The van der Waals surface area contributed by atoms with Gasteiger partial charge in [0, 0.05) is 5.02 Å². The summed E-state index contributed by atoms with van der Waals surface area (Å²) in [6.07, 6.45) is 0.304. The van der Waals surface area contributed by atoms with Gasteiger partial charge >= 0.3 is 0 Å². The predicted octanol–water partition coefficient (Wildman–Crippen LogP) is 3.00. The monoisotopic (exact) mass is 287 g/mol.